The second-order valence-electron chi connectivity index (χ2n) is 7.97. The highest BCUT2D eigenvalue weighted by Crippen LogP contribution is 2.40. The Hall–Kier alpha value is 0.270. The molecule has 1 atom stereocenters. The number of rotatable bonds is 5. The zero-order valence-electron chi connectivity index (χ0n) is 14.0. The van der Waals surface area contributed by atoms with Gasteiger partial charge in [-0.3, -0.25) is 0 Å². The lowest BCUT2D eigenvalue weighted by Gasteiger charge is -2.39. The molecule has 1 aliphatic heterocycles. The third-order valence-corrected chi connectivity index (χ3v) is 6.40. The fourth-order valence-corrected chi connectivity index (χ4v) is 4.71. The Bertz CT molecular complexity index is 292. The highest BCUT2D eigenvalue weighted by Gasteiger charge is 2.35. The maximum atomic E-state index is 3.68. The van der Waals surface area contributed by atoms with Crippen molar-refractivity contribution in [1.29, 1.82) is 0 Å². The molecule has 2 nitrogen and oxygen atoms in total. The van der Waals surface area contributed by atoms with Crippen molar-refractivity contribution in [2.75, 3.05) is 32.4 Å². The summed E-state index contributed by atoms with van der Waals surface area (Å²) in [6, 6.07) is 0. The molecule has 0 aromatic rings. The molecule has 1 saturated carbocycles. The summed E-state index contributed by atoms with van der Waals surface area (Å²) in [5.74, 6) is 0.858. The highest BCUT2D eigenvalue weighted by molar-refractivity contribution is 8.00. The van der Waals surface area contributed by atoms with Crippen LogP contribution in [0.15, 0.2) is 0 Å². The Kier molecular flexibility index (Phi) is 5.84. The van der Waals surface area contributed by atoms with Crippen LogP contribution >= 0.6 is 11.8 Å². The smallest absolute Gasteiger partial charge is 0.0284 e. The Balaban J connectivity index is 1.77. The first kappa shape index (κ1) is 16.6. The molecule has 0 aromatic carbocycles. The van der Waals surface area contributed by atoms with Gasteiger partial charge in [-0.05, 0) is 65.3 Å². The molecule has 2 rings (SSSR count). The maximum Gasteiger partial charge on any atom is 0.0284 e. The van der Waals surface area contributed by atoms with E-state index in [1.807, 2.05) is 0 Å². The van der Waals surface area contributed by atoms with Crippen LogP contribution in [0.2, 0.25) is 0 Å². The van der Waals surface area contributed by atoms with Crippen molar-refractivity contribution in [1.82, 2.24) is 10.2 Å². The quantitative estimate of drug-likeness (QED) is 0.832. The van der Waals surface area contributed by atoms with Crippen LogP contribution in [0.4, 0.5) is 0 Å². The van der Waals surface area contributed by atoms with Crippen LogP contribution < -0.4 is 5.32 Å². The molecular weight excluding hydrogens is 264 g/mol. The predicted octanol–water partition coefficient (Wildman–Crippen LogP) is 3.76. The number of hydrogen-bond acceptors (Lipinski definition) is 3. The van der Waals surface area contributed by atoms with Gasteiger partial charge in [0.25, 0.3) is 0 Å². The van der Waals surface area contributed by atoms with Crippen molar-refractivity contribution in [3.05, 3.63) is 0 Å². The molecule has 1 N–H and O–H groups in total. The van der Waals surface area contributed by atoms with Crippen molar-refractivity contribution >= 4 is 11.8 Å². The third-order valence-electron chi connectivity index (χ3n) is 5.00. The van der Waals surface area contributed by atoms with E-state index in [4.69, 9.17) is 0 Å². The summed E-state index contributed by atoms with van der Waals surface area (Å²) in [5.41, 5.74) is 0.261. The summed E-state index contributed by atoms with van der Waals surface area (Å²) >= 11 is 2.14. The molecule has 0 radical (unpaired) electrons. The van der Waals surface area contributed by atoms with Crippen LogP contribution in [0.5, 0.6) is 0 Å². The van der Waals surface area contributed by atoms with Gasteiger partial charge in [0.1, 0.15) is 0 Å². The third kappa shape index (κ3) is 4.92. The summed E-state index contributed by atoms with van der Waals surface area (Å²) < 4.78 is 0.574. The molecule has 3 heteroatoms. The van der Waals surface area contributed by atoms with E-state index in [-0.39, 0.29) is 5.54 Å². The van der Waals surface area contributed by atoms with Crippen LogP contribution in [0.3, 0.4) is 0 Å². The molecule has 2 fully saturated rings. The van der Waals surface area contributed by atoms with Crippen molar-refractivity contribution in [2.24, 2.45) is 5.92 Å². The molecule has 0 bridgehead atoms. The van der Waals surface area contributed by atoms with E-state index in [1.54, 1.807) is 0 Å². The maximum absolute atomic E-state index is 3.68. The van der Waals surface area contributed by atoms with Gasteiger partial charge in [-0.1, -0.05) is 19.3 Å². The highest BCUT2D eigenvalue weighted by atomic mass is 32.2. The molecule has 1 unspecified atom stereocenters. The molecule has 20 heavy (non-hydrogen) atoms. The minimum absolute atomic E-state index is 0.261. The van der Waals surface area contributed by atoms with Crippen molar-refractivity contribution in [3.63, 3.8) is 0 Å². The summed E-state index contributed by atoms with van der Waals surface area (Å²) in [5, 5.41) is 3.68. The first-order valence-corrected chi connectivity index (χ1v) is 9.67. The largest absolute Gasteiger partial charge is 0.312 e. The van der Waals surface area contributed by atoms with Gasteiger partial charge in [0.15, 0.2) is 0 Å². The number of nitrogens with one attached hydrogen (secondary N) is 1. The van der Waals surface area contributed by atoms with Gasteiger partial charge in [0.05, 0.1) is 0 Å². The van der Waals surface area contributed by atoms with E-state index < -0.39 is 0 Å². The van der Waals surface area contributed by atoms with Gasteiger partial charge in [0, 0.05) is 23.4 Å². The van der Waals surface area contributed by atoms with Gasteiger partial charge in [0.2, 0.25) is 0 Å². The van der Waals surface area contributed by atoms with Gasteiger partial charge >= 0.3 is 0 Å². The molecule has 1 aliphatic carbocycles. The minimum atomic E-state index is 0.261. The lowest BCUT2D eigenvalue weighted by Crippen LogP contribution is -2.42. The molecule has 118 valence electrons. The molecule has 0 spiro atoms. The summed E-state index contributed by atoms with van der Waals surface area (Å²) in [7, 11) is 0. The summed E-state index contributed by atoms with van der Waals surface area (Å²) in [6.07, 6.45) is 11.0. The fraction of sp³-hybridized carbons (Fsp3) is 1.00. The first-order valence-electron chi connectivity index (χ1n) is 8.45. The topological polar surface area (TPSA) is 15.3 Å². The summed E-state index contributed by atoms with van der Waals surface area (Å²) in [4.78, 5) is 2.75. The predicted molar refractivity (Wildman–Crippen MR) is 91.6 cm³/mol. The molecule has 1 saturated heterocycles. The SMILES string of the molecule is CSC1(CN2CCC(CNC(C)(C)C)C2)CCCCC1. The molecule has 0 aromatic heterocycles. The van der Waals surface area contributed by atoms with Gasteiger partial charge < -0.3 is 10.2 Å². The Morgan fingerprint density at radius 3 is 2.50 bits per heavy atom. The normalized spacial score (nSPS) is 27.9. The Labute approximate surface area is 130 Å². The minimum Gasteiger partial charge on any atom is -0.312 e. The van der Waals surface area contributed by atoms with E-state index >= 15 is 0 Å². The van der Waals surface area contributed by atoms with Crippen molar-refractivity contribution in [3.8, 4) is 0 Å². The Morgan fingerprint density at radius 2 is 1.90 bits per heavy atom. The van der Waals surface area contributed by atoms with Gasteiger partial charge in [-0.2, -0.15) is 11.8 Å². The number of likely N-dealkylation sites (tertiary alicyclic amines) is 1. The van der Waals surface area contributed by atoms with Crippen LogP contribution in [0.25, 0.3) is 0 Å². The van der Waals surface area contributed by atoms with Crippen LogP contribution in [0, 0.1) is 5.92 Å². The van der Waals surface area contributed by atoms with E-state index in [0.717, 1.165) is 5.92 Å². The lowest BCUT2D eigenvalue weighted by molar-refractivity contribution is 0.248. The number of hydrogen-bond donors (Lipinski definition) is 1. The van der Waals surface area contributed by atoms with Crippen molar-refractivity contribution < 1.29 is 0 Å². The van der Waals surface area contributed by atoms with Gasteiger partial charge in [-0.25, -0.2) is 0 Å². The van der Waals surface area contributed by atoms with Crippen LogP contribution in [-0.4, -0.2) is 47.6 Å². The fourth-order valence-electron chi connectivity index (χ4n) is 3.70. The monoisotopic (exact) mass is 298 g/mol. The molecule has 2 aliphatic rings. The Morgan fingerprint density at radius 1 is 1.20 bits per heavy atom. The van der Waals surface area contributed by atoms with Crippen LogP contribution in [-0.2, 0) is 0 Å². The molecule has 1 heterocycles. The average Bonchev–Trinajstić information content (AvgIpc) is 2.84. The zero-order valence-corrected chi connectivity index (χ0v) is 14.8. The first-order chi connectivity index (χ1) is 9.42. The average molecular weight is 299 g/mol. The van der Waals surface area contributed by atoms with Crippen molar-refractivity contribution in [2.45, 2.75) is 69.6 Å². The van der Waals surface area contributed by atoms with E-state index in [2.05, 4.69) is 49.0 Å². The lowest BCUT2D eigenvalue weighted by atomic mass is 9.88. The van der Waals surface area contributed by atoms with E-state index in [0.29, 0.717) is 4.75 Å². The molecular formula is C17H34N2S. The zero-order chi connectivity index (χ0) is 14.6. The summed E-state index contributed by atoms with van der Waals surface area (Å²) in [6.45, 7) is 12.0. The van der Waals surface area contributed by atoms with Gasteiger partial charge in [-0.15, -0.1) is 0 Å². The number of thioether (sulfide) groups is 1. The second kappa shape index (κ2) is 7.02. The van der Waals surface area contributed by atoms with Crippen LogP contribution in [0.1, 0.15) is 59.3 Å². The molecule has 0 amide bonds. The number of nitrogens with zero attached hydrogens (tertiary/aromatic N) is 1. The van der Waals surface area contributed by atoms with E-state index in [1.165, 1.54) is 64.7 Å². The standard InChI is InChI=1S/C17H34N2S/c1-16(2,3)18-12-15-8-11-19(13-15)14-17(20-4)9-6-5-7-10-17/h15,18H,5-14H2,1-4H3. The van der Waals surface area contributed by atoms with E-state index in [9.17, 15) is 0 Å². The second-order valence-corrected chi connectivity index (χ2v) is 9.24.